The third-order valence-electron chi connectivity index (χ3n) is 4.55. The number of ether oxygens (including phenoxy) is 1. The second kappa shape index (κ2) is 8.69. The highest BCUT2D eigenvalue weighted by Gasteiger charge is 2.15. The third-order valence-corrected chi connectivity index (χ3v) is 7.17. The van der Waals surface area contributed by atoms with Crippen molar-refractivity contribution < 1.29 is 9.53 Å². The first-order valence-corrected chi connectivity index (χ1v) is 12.1. The molecule has 0 spiro atoms. The van der Waals surface area contributed by atoms with E-state index in [1.165, 1.54) is 55.4 Å². The number of rotatable bonds is 6. The lowest BCUT2D eigenvalue weighted by molar-refractivity contribution is 0.0463. The molecule has 0 N–H and O–H groups in total. The van der Waals surface area contributed by atoms with Gasteiger partial charge in [-0.15, -0.1) is 34.4 Å². The molecule has 11 heteroatoms. The Hall–Kier alpha value is -3.28. The summed E-state index contributed by atoms with van der Waals surface area (Å²) >= 11 is 4.13. The number of carbonyl (C=O) groups is 1. The van der Waals surface area contributed by atoms with E-state index in [0.717, 1.165) is 0 Å². The standard InChI is InChI=1S/C21H14N4O4S3/c26-17-9-13(22-20-24(17)5-7-30-20)11-29-19(28)15-3-1-2-4-16(15)32-12-14-10-18(27)25-6-8-31-21(25)23-14/h1-10H,11-12H2. The van der Waals surface area contributed by atoms with Crippen LogP contribution < -0.4 is 11.1 Å². The Balaban J connectivity index is 1.31. The molecule has 32 heavy (non-hydrogen) atoms. The molecule has 0 saturated heterocycles. The third kappa shape index (κ3) is 4.09. The number of fused-ring (bicyclic) bond motifs is 2. The minimum Gasteiger partial charge on any atom is -0.456 e. The van der Waals surface area contributed by atoms with Gasteiger partial charge in [0.2, 0.25) is 0 Å². The normalized spacial score (nSPS) is 11.2. The van der Waals surface area contributed by atoms with E-state index < -0.39 is 5.97 Å². The first kappa shape index (κ1) is 20.6. The molecule has 0 bridgehead atoms. The number of aromatic nitrogens is 4. The molecule has 5 aromatic rings. The number of esters is 1. The van der Waals surface area contributed by atoms with E-state index in [4.69, 9.17) is 4.74 Å². The van der Waals surface area contributed by atoms with Crippen molar-refractivity contribution in [3.8, 4) is 0 Å². The van der Waals surface area contributed by atoms with Crippen molar-refractivity contribution in [3.63, 3.8) is 0 Å². The number of benzene rings is 1. The van der Waals surface area contributed by atoms with Gasteiger partial charge in [0.05, 0.1) is 17.0 Å². The average Bonchev–Trinajstić information content (AvgIpc) is 3.46. The van der Waals surface area contributed by atoms with Gasteiger partial charge in [-0.25, -0.2) is 14.8 Å². The van der Waals surface area contributed by atoms with Gasteiger partial charge in [0.25, 0.3) is 11.1 Å². The van der Waals surface area contributed by atoms with Crippen molar-refractivity contribution >= 4 is 50.3 Å². The van der Waals surface area contributed by atoms with Gasteiger partial charge in [-0.2, -0.15) is 0 Å². The lowest BCUT2D eigenvalue weighted by atomic mass is 10.2. The van der Waals surface area contributed by atoms with Crippen molar-refractivity contribution in [1.82, 2.24) is 18.8 Å². The maximum absolute atomic E-state index is 12.7. The van der Waals surface area contributed by atoms with Gasteiger partial charge >= 0.3 is 5.97 Å². The molecule has 8 nitrogen and oxygen atoms in total. The molecule has 4 aromatic heterocycles. The Bertz CT molecular complexity index is 1570. The first-order valence-electron chi connectivity index (χ1n) is 9.39. The van der Waals surface area contributed by atoms with E-state index in [1.54, 1.807) is 29.9 Å². The van der Waals surface area contributed by atoms with E-state index in [-0.39, 0.29) is 17.7 Å². The van der Waals surface area contributed by atoms with Gasteiger partial charge in [-0.3, -0.25) is 18.4 Å². The lowest BCUT2D eigenvalue weighted by Crippen LogP contribution is -2.15. The van der Waals surface area contributed by atoms with E-state index in [2.05, 4.69) is 9.97 Å². The maximum Gasteiger partial charge on any atom is 0.339 e. The van der Waals surface area contributed by atoms with Crippen LogP contribution in [0.2, 0.25) is 0 Å². The zero-order chi connectivity index (χ0) is 22.1. The fraction of sp³-hybridized carbons (Fsp3) is 0.0952. The number of hydrogen-bond donors (Lipinski definition) is 0. The fourth-order valence-corrected chi connectivity index (χ4v) is 5.46. The molecule has 0 aliphatic heterocycles. The highest BCUT2D eigenvalue weighted by atomic mass is 32.2. The molecule has 0 unspecified atom stereocenters. The molecule has 1 aromatic carbocycles. The zero-order valence-corrected chi connectivity index (χ0v) is 18.8. The highest BCUT2D eigenvalue weighted by molar-refractivity contribution is 7.98. The van der Waals surface area contributed by atoms with Crippen molar-refractivity contribution in [2.45, 2.75) is 17.3 Å². The van der Waals surface area contributed by atoms with Gasteiger partial charge in [0.15, 0.2) is 9.92 Å². The molecule has 0 aliphatic rings. The summed E-state index contributed by atoms with van der Waals surface area (Å²) in [4.78, 5) is 47.7. The van der Waals surface area contributed by atoms with Crippen molar-refractivity contribution in [3.05, 3.63) is 97.2 Å². The van der Waals surface area contributed by atoms with Gasteiger partial charge in [-0.05, 0) is 12.1 Å². The molecule has 5 rings (SSSR count). The Labute approximate surface area is 192 Å². The van der Waals surface area contributed by atoms with Crippen LogP contribution in [0.25, 0.3) is 9.92 Å². The predicted molar refractivity (Wildman–Crippen MR) is 124 cm³/mol. The van der Waals surface area contributed by atoms with Gasteiger partial charge in [0.1, 0.15) is 6.61 Å². The number of thioether (sulfide) groups is 1. The largest absolute Gasteiger partial charge is 0.456 e. The molecule has 160 valence electrons. The molecule has 0 saturated carbocycles. The van der Waals surface area contributed by atoms with Crippen LogP contribution in [0.1, 0.15) is 21.7 Å². The zero-order valence-electron chi connectivity index (χ0n) is 16.3. The summed E-state index contributed by atoms with van der Waals surface area (Å²) in [6.45, 7) is -0.102. The van der Waals surface area contributed by atoms with Crippen LogP contribution in [0.4, 0.5) is 0 Å². The Morgan fingerprint density at radius 1 is 0.938 bits per heavy atom. The Morgan fingerprint density at radius 2 is 1.56 bits per heavy atom. The molecule has 0 aliphatic carbocycles. The van der Waals surface area contributed by atoms with Crippen LogP contribution in [0.3, 0.4) is 0 Å². The van der Waals surface area contributed by atoms with Crippen molar-refractivity contribution in [1.29, 1.82) is 0 Å². The summed E-state index contributed by atoms with van der Waals surface area (Å²) in [5, 5.41) is 3.58. The summed E-state index contributed by atoms with van der Waals surface area (Å²) in [5.74, 6) is -0.0793. The predicted octanol–water partition coefficient (Wildman–Crippen LogP) is 3.47. The van der Waals surface area contributed by atoms with E-state index >= 15 is 0 Å². The van der Waals surface area contributed by atoms with E-state index in [0.29, 0.717) is 37.5 Å². The van der Waals surface area contributed by atoms with Crippen molar-refractivity contribution in [2.24, 2.45) is 0 Å². The monoisotopic (exact) mass is 482 g/mol. The minimum absolute atomic E-state index is 0.102. The van der Waals surface area contributed by atoms with Crippen LogP contribution in [-0.2, 0) is 17.1 Å². The average molecular weight is 483 g/mol. The minimum atomic E-state index is -0.511. The molecule has 0 atom stereocenters. The summed E-state index contributed by atoms with van der Waals surface area (Å²) in [6, 6.07) is 9.94. The topological polar surface area (TPSA) is 95.0 Å². The summed E-state index contributed by atoms with van der Waals surface area (Å²) in [6.07, 6.45) is 3.34. The number of hydrogen-bond acceptors (Lipinski definition) is 9. The summed E-state index contributed by atoms with van der Waals surface area (Å²) in [7, 11) is 0. The van der Waals surface area contributed by atoms with E-state index in [9.17, 15) is 14.4 Å². The van der Waals surface area contributed by atoms with Crippen LogP contribution in [0.15, 0.2) is 74.0 Å². The second-order valence-corrected chi connectivity index (χ2v) is 9.41. The van der Waals surface area contributed by atoms with Gasteiger partial charge in [0, 0.05) is 45.9 Å². The maximum atomic E-state index is 12.7. The number of carbonyl (C=O) groups excluding carboxylic acids is 1. The summed E-state index contributed by atoms with van der Waals surface area (Å²) in [5.41, 5.74) is 1.08. The number of thiazole rings is 2. The molecular weight excluding hydrogens is 468 g/mol. The summed E-state index contributed by atoms with van der Waals surface area (Å²) < 4.78 is 8.37. The van der Waals surface area contributed by atoms with Crippen molar-refractivity contribution in [2.75, 3.05) is 0 Å². The number of nitrogens with zero attached hydrogens (tertiary/aromatic N) is 4. The van der Waals surface area contributed by atoms with Gasteiger partial charge in [-0.1, -0.05) is 12.1 Å². The van der Waals surface area contributed by atoms with E-state index in [1.807, 2.05) is 17.5 Å². The smallest absolute Gasteiger partial charge is 0.339 e. The molecule has 0 radical (unpaired) electrons. The van der Waals surface area contributed by atoms with Crippen LogP contribution in [-0.4, -0.2) is 24.7 Å². The van der Waals surface area contributed by atoms with Gasteiger partial charge < -0.3 is 4.74 Å². The molecule has 0 amide bonds. The molecule has 0 fully saturated rings. The highest BCUT2D eigenvalue weighted by Crippen LogP contribution is 2.26. The molecular formula is C21H14N4O4S3. The van der Waals surface area contributed by atoms with Crippen LogP contribution in [0.5, 0.6) is 0 Å². The Kier molecular flexibility index (Phi) is 5.60. The lowest BCUT2D eigenvalue weighted by Gasteiger charge is -2.09. The first-order chi connectivity index (χ1) is 15.6. The Morgan fingerprint density at radius 3 is 2.28 bits per heavy atom. The SMILES string of the molecule is O=C(OCc1cc(=O)n2ccsc2n1)c1ccccc1SCc1cc(=O)n2ccsc2n1. The quantitative estimate of drug-likeness (QED) is 0.270. The van der Waals surface area contributed by atoms with Crippen LogP contribution in [0, 0.1) is 0 Å². The molecule has 4 heterocycles. The fourth-order valence-electron chi connectivity index (χ4n) is 3.05. The second-order valence-electron chi connectivity index (χ2n) is 6.64. The van der Waals surface area contributed by atoms with Crippen LogP contribution >= 0.6 is 34.4 Å².